The van der Waals surface area contributed by atoms with Gasteiger partial charge in [-0.05, 0) is 18.6 Å². The standard InChI is InChI=1S/C10H13NO2.ClH/c1-2-13-10(12)7-8-5-3-4-6-9(8)11;/h3-6H,2,7,11H2,1H3;1H. The van der Waals surface area contributed by atoms with Gasteiger partial charge in [0.25, 0.3) is 0 Å². The van der Waals surface area contributed by atoms with Gasteiger partial charge in [0.2, 0.25) is 0 Å². The summed E-state index contributed by atoms with van der Waals surface area (Å²) in [6, 6.07) is 7.29. The highest BCUT2D eigenvalue weighted by Gasteiger charge is 2.05. The van der Waals surface area contributed by atoms with Crippen LogP contribution in [-0.4, -0.2) is 12.6 Å². The zero-order valence-corrected chi connectivity index (χ0v) is 8.84. The molecule has 0 heterocycles. The first kappa shape index (κ1) is 12.8. The second kappa shape index (κ2) is 6.27. The SMILES string of the molecule is CCOC(=O)Cc1ccccc1N.Cl. The zero-order chi connectivity index (χ0) is 9.68. The number of nitrogen functional groups attached to an aromatic ring is 1. The molecule has 0 saturated heterocycles. The van der Waals surface area contributed by atoms with Crippen LogP contribution in [-0.2, 0) is 16.0 Å². The predicted octanol–water partition coefficient (Wildman–Crippen LogP) is 1.80. The Labute approximate surface area is 89.7 Å². The summed E-state index contributed by atoms with van der Waals surface area (Å²) in [5, 5.41) is 0. The van der Waals surface area contributed by atoms with E-state index in [4.69, 9.17) is 10.5 Å². The second-order valence-corrected chi connectivity index (χ2v) is 2.68. The number of carbonyl (C=O) groups is 1. The number of hydrogen-bond acceptors (Lipinski definition) is 3. The van der Waals surface area contributed by atoms with Crippen molar-refractivity contribution < 1.29 is 9.53 Å². The van der Waals surface area contributed by atoms with Gasteiger partial charge in [0.15, 0.2) is 0 Å². The van der Waals surface area contributed by atoms with Crippen LogP contribution in [0.1, 0.15) is 12.5 Å². The Morgan fingerprint density at radius 3 is 2.64 bits per heavy atom. The molecular formula is C10H14ClNO2. The summed E-state index contributed by atoms with van der Waals surface area (Å²) in [6.07, 6.45) is 0.251. The number of para-hydroxylation sites is 1. The summed E-state index contributed by atoms with van der Waals surface area (Å²) in [5.41, 5.74) is 7.11. The average molecular weight is 216 g/mol. The van der Waals surface area contributed by atoms with Crippen molar-refractivity contribution in [2.75, 3.05) is 12.3 Å². The minimum atomic E-state index is -0.236. The Balaban J connectivity index is 0.00000169. The van der Waals surface area contributed by atoms with Crippen molar-refractivity contribution in [3.8, 4) is 0 Å². The Kier molecular flexibility index (Phi) is 5.72. The van der Waals surface area contributed by atoms with E-state index < -0.39 is 0 Å². The van der Waals surface area contributed by atoms with E-state index in [0.29, 0.717) is 12.3 Å². The maximum absolute atomic E-state index is 11.1. The Morgan fingerprint density at radius 1 is 1.43 bits per heavy atom. The summed E-state index contributed by atoms with van der Waals surface area (Å²) in [7, 11) is 0. The summed E-state index contributed by atoms with van der Waals surface area (Å²) in [6.45, 7) is 2.19. The molecule has 0 bridgehead atoms. The molecular weight excluding hydrogens is 202 g/mol. The first-order valence-electron chi connectivity index (χ1n) is 4.23. The number of nitrogens with two attached hydrogens (primary N) is 1. The quantitative estimate of drug-likeness (QED) is 0.618. The topological polar surface area (TPSA) is 52.3 Å². The summed E-state index contributed by atoms with van der Waals surface area (Å²) < 4.78 is 4.81. The number of ether oxygens (including phenoxy) is 1. The summed E-state index contributed by atoms with van der Waals surface area (Å²) in [4.78, 5) is 11.1. The van der Waals surface area contributed by atoms with Gasteiger partial charge < -0.3 is 10.5 Å². The van der Waals surface area contributed by atoms with E-state index in [1.165, 1.54) is 0 Å². The average Bonchev–Trinajstić information content (AvgIpc) is 2.09. The molecule has 1 rings (SSSR count). The van der Waals surface area contributed by atoms with Crippen LogP contribution in [0.4, 0.5) is 5.69 Å². The van der Waals surface area contributed by atoms with Crippen molar-refractivity contribution in [2.45, 2.75) is 13.3 Å². The fourth-order valence-corrected chi connectivity index (χ4v) is 1.06. The fraction of sp³-hybridized carbons (Fsp3) is 0.300. The van der Waals surface area contributed by atoms with Gasteiger partial charge in [0, 0.05) is 5.69 Å². The van der Waals surface area contributed by atoms with E-state index in [2.05, 4.69) is 0 Å². The molecule has 0 spiro atoms. The molecule has 3 nitrogen and oxygen atoms in total. The molecule has 0 fully saturated rings. The van der Waals surface area contributed by atoms with Crippen molar-refractivity contribution in [1.29, 1.82) is 0 Å². The van der Waals surface area contributed by atoms with Gasteiger partial charge in [-0.3, -0.25) is 4.79 Å². The lowest BCUT2D eigenvalue weighted by Gasteiger charge is -2.04. The van der Waals surface area contributed by atoms with E-state index in [1.54, 1.807) is 13.0 Å². The van der Waals surface area contributed by atoms with Gasteiger partial charge in [0.05, 0.1) is 13.0 Å². The van der Waals surface area contributed by atoms with Crippen molar-refractivity contribution >= 4 is 24.1 Å². The molecule has 0 saturated carbocycles. The highest BCUT2D eigenvalue weighted by atomic mass is 35.5. The van der Waals surface area contributed by atoms with Crippen LogP contribution < -0.4 is 5.73 Å². The second-order valence-electron chi connectivity index (χ2n) is 2.68. The first-order valence-corrected chi connectivity index (χ1v) is 4.23. The van der Waals surface area contributed by atoms with Gasteiger partial charge >= 0.3 is 5.97 Å². The minimum absolute atomic E-state index is 0. The van der Waals surface area contributed by atoms with Gasteiger partial charge in [-0.2, -0.15) is 0 Å². The van der Waals surface area contributed by atoms with Crippen LogP contribution in [0.2, 0.25) is 0 Å². The number of benzene rings is 1. The van der Waals surface area contributed by atoms with Crippen LogP contribution >= 0.6 is 12.4 Å². The van der Waals surface area contributed by atoms with E-state index in [1.807, 2.05) is 18.2 Å². The summed E-state index contributed by atoms with van der Waals surface area (Å²) in [5.74, 6) is -0.236. The third-order valence-electron chi connectivity index (χ3n) is 1.70. The molecule has 0 aromatic heterocycles. The molecule has 14 heavy (non-hydrogen) atoms. The molecule has 4 heteroatoms. The maximum Gasteiger partial charge on any atom is 0.310 e. The lowest BCUT2D eigenvalue weighted by atomic mass is 10.1. The molecule has 0 aliphatic carbocycles. The van der Waals surface area contributed by atoms with Crippen LogP contribution in [0.3, 0.4) is 0 Å². The van der Waals surface area contributed by atoms with Gasteiger partial charge in [-0.15, -0.1) is 12.4 Å². The maximum atomic E-state index is 11.1. The van der Waals surface area contributed by atoms with Crippen molar-refractivity contribution in [1.82, 2.24) is 0 Å². The van der Waals surface area contributed by atoms with E-state index in [9.17, 15) is 4.79 Å². The highest BCUT2D eigenvalue weighted by molar-refractivity contribution is 5.85. The van der Waals surface area contributed by atoms with Gasteiger partial charge in [-0.1, -0.05) is 18.2 Å². The Hall–Kier alpha value is -1.22. The third kappa shape index (κ3) is 3.66. The molecule has 78 valence electrons. The van der Waals surface area contributed by atoms with Crippen LogP contribution in [0.15, 0.2) is 24.3 Å². The first-order chi connectivity index (χ1) is 6.24. The number of esters is 1. The van der Waals surface area contributed by atoms with Gasteiger partial charge in [-0.25, -0.2) is 0 Å². The number of rotatable bonds is 3. The van der Waals surface area contributed by atoms with E-state index >= 15 is 0 Å². The smallest absolute Gasteiger partial charge is 0.310 e. The highest BCUT2D eigenvalue weighted by Crippen LogP contribution is 2.11. The van der Waals surface area contributed by atoms with Crippen LogP contribution in [0.5, 0.6) is 0 Å². The monoisotopic (exact) mass is 215 g/mol. The van der Waals surface area contributed by atoms with Crippen LogP contribution in [0, 0.1) is 0 Å². The van der Waals surface area contributed by atoms with Gasteiger partial charge in [0.1, 0.15) is 0 Å². The van der Waals surface area contributed by atoms with E-state index in [0.717, 1.165) is 5.56 Å². The van der Waals surface area contributed by atoms with Crippen molar-refractivity contribution in [3.05, 3.63) is 29.8 Å². The van der Waals surface area contributed by atoms with Crippen LogP contribution in [0.25, 0.3) is 0 Å². The fourth-order valence-electron chi connectivity index (χ4n) is 1.06. The van der Waals surface area contributed by atoms with Crippen molar-refractivity contribution in [3.63, 3.8) is 0 Å². The lowest BCUT2D eigenvalue weighted by molar-refractivity contribution is -0.142. The number of hydrogen-bond donors (Lipinski definition) is 1. The molecule has 0 unspecified atom stereocenters. The number of halogens is 1. The predicted molar refractivity (Wildman–Crippen MR) is 58.4 cm³/mol. The summed E-state index contributed by atoms with van der Waals surface area (Å²) >= 11 is 0. The largest absolute Gasteiger partial charge is 0.466 e. The molecule has 1 aromatic rings. The molecule has 0 radical (unpaired) electrons. The molecule has 0 atom stereocenters. The molecule has 0 aliphatic heterocycles. The third-order valence-corrected chi connectivity index (χ3v) is 1.70. The Bertz CT molecular complexity index is 302. The minimum Gasteiger partial charge on any atom is -0.466 e. The number of carbonyl (C=O) groups excluding carboxylic acids is 1. The Morgan fingerprint density at radius 2 is 2.07 bits per heavy atom. The zero-order valence-electron chi connectivity index (χ0n) is 8.03. The number of anilines is 1. The molecule has 1 aromatic carbocycles. The lowest BCUT2D eigenvalue weighted by Crippen LogP contribution is -2.08. The molecule has 0 aliphatic rings. The normalized spacial score (nSPS) is 8.93. The van der Waals surface area contributed by atoms with E-state index in [-0.39, 0.29) is 24.8 Å². The molecule has 0 amide bonds. The molecule has 2 N–H and O–H groups in total. The van der Waals surface area contributed by atoms with Crippen molar-refractivity contribution in [2.24, 2.45) is 0 Å².